The van der Waals surface area contributed by atoms with Crippen molar-refractivity contribution in [1.82, 2.24) is 4.98 Å². The van der Waals surface area contributed by atoms with Crippen LogP contribution in [-0.4, -0.2) is 10.9 Å². The predicted molar refractivity (Wildman–Crippen MR) is 79.9 cm³/mol. The molecule has 5 heteroatoms. The third kappa shape index (κ3) is 3.79. The van der Waals surface area contributed by atoms with Crippen LogP contribution in [0.2, 0.25) is 0 Å². The second kappa shape index (κ2) is 5.84. The Hall–Kier alpha value is -1.88. The van der Waals surface area contributed by atoms with E-state index < -0.39 is 0 Å². The molecule has 1 heterocycles. The van der Waals surface area contributed by atoms with Crippen molar-refractivity contribution < 1.29 is 4.79 Å². The highest BCUT2D eigenvalue weighted by Gasteiger charge is 2.05. The second-order valence-electron chi connectivity index (χ2n) is 4.30. The Kier molecular flexibility index (Phi) is 4.16. The molecule has 3 N–H and O–H groups in total. The number of anilines is 2. The monoisotopic (exact) mass is 319 g/mol. The number of carbonyl (C=O) groups is 1. The molecule has 0 fully saturated rings. The number of halogens is 1. The van der Waals surface area contributed by atoms with Gasteiger partial charge >= 0.3 is 0 Å². The van der Waals surface area contributed by atoms with Crippen molar-refractivity contribution in [1.29, 1.82) is 0 Å². The topological polar surface area (TPSA) is 68.0 Å². The van der Waals surface area contributed by atoms with Gasteiger partial charge in [0.1, 0.15) is 4.60 Å². The van der Waals surface area contributed by atoms with Gasteiger partial charge in [-0.3, -0.25) is 4.79 Å². The van der Waals surface area contributed by atoms with Crippen LogP contribution < -0.4 is 11.1 Å². The van der Waals surface area contributed by atoms with E-state index in [4.69, 9.17) is 5.73 Å². The first kappa shape index (κ1) is 13.5. The minimum Gasteiger partial charge on any atom is -0.399 e. The molecule has 0 saturated carbocycles. The zero-order chi connectivity index (χ0) is 13.8. The summed E-state index contributed by atoms with van der Waals surface area (Å²) in [4.78, 5) is 16.0. The smallest absolute Gasteiger partial charge is 0.228 e. The van der Waals surface area contributed by atoms with Crippen molar-refractivity contribution in [3.8, 4) is 0 Å². The molecular weight excluding hydrogens is 306 g/mol. The number of nitrogens with one attached hydrogen (secondary N) is 1. The van der Waals surface area contributed by atoms with E-state index in [1.807, 2.05) is 25.1 Å². The Bertz CT molecular complexity index is 596. The van der Waals surface area contributed by atoms with E-state index in [2.05, 4.69) is 26.2 Å². The van der Waals surface area contributed by atoms with Crippen molar-refractivity contribution in [2.24, 2.45) is 0 Å². The third-order valence-electron chi connectivity index (χ3n) is 2.64. The molecular formula is C14H14BrN3O. The van der Waals surface area contributed by atoms with E-state index in [1.165, 1.54) is 0 Å². The molecule has 0 radical (unpaired) electrons. The van der Waals surface area contributed by atoms with Gasteiger partial charge in [0.25, 0.3) is 0 Å². The van der Waals surface area contributed by atoms with Crippen LogP contribution in [0.4, 0.5) is 11.4 Å². The van der Waals surface area contributed by atoms with E-state index in [9.17, 15) is 4.79 Å². The number of nitrogens with zero attached hydrogens (tertiary/aromatic N) is 1. The van der Waals surface area contributed by atoms with Crippen LogP contribution in [0.3, 0.4) is 0 Å². The van der Waals surface area contributed by atoms with Crippen LogP contribution in [0, 0.1) is 6.92 Å². The Labute approximate surface area is 120 Å². The molecule has 0 spiro atoms. The summed E-state index contributed by atoms with van der Waals surface area (Å²) >= 11 is 3.32. The van der Waals surface area contributed by atoms with Crippen LogP contribution in [0.1, 0.15) is 11.1 Å². The molecule has 2 rings (SSSR count). The summed E-state index contributed by atoms with van der Waals surface area (Å²) in [6.07, 6.45) is 1.94. The number of hydrogen-bond acceptors (Lipinski definition) is 3. The molecule has 2 aromatic rings. The second-order valence-corrected chi connectivity index (χ2v) is 5.05. The maximum absolute atomic E-state index is 11.9. The molecule has 0 unspecified atom stereocenters. The van der Waals surface area contributed by atoms with Gasteiger partial charge in [0.15, 0.2) is 0 Å². The van der Waals surface area contributed by atoms with Gasteiger partial charge in [0.2, 0.25) is 5.91 Å². The SMILES string of the molecule is Cc1cc(NC(=O)Cc2ccc(N)cc2)cnc1Br. The molecule has 0 saturated heterocycles. The minimum atomic E-state index is -0.0757. The van der Waals surface area contributed by atoms with Crippen molar-refractivity contribution >= 4 is 33.2 Å². The summed E-state index contributed by atoms with van der Waals surface area (Å²) in [5.41, 5.74) is 8.89. The van der Waals surface area contributed by atoms with Gasteiger partial charge in [-0.25, -0.2) is 4.98 Å². The summed E-state index contributed by atoms with van der Waals surface area (Å²) in [6, 6.07) is 9.14. The molecule has 1 aromatic carbocycles. The average Bonchev–Trinajstić information content (AvgIpc) is 2.37. The van der Waals surface area contributed by atoms with E-state index in [0.29, 0.717) is 17.8 Å². The number of benzene rings is 1. The highest BCUT2D eigenvalue weighted by atomic mass is 79.9. The highest BCUT2D eigenvalue weighted by Crippen LogP contribution is 2.17. The summed E-state index contributed by atoms with van der Waals surface area (Å²) < 4.78 is 0.782. The summed E-state index contributed by atoms with van der Waals surface area (Å²) in [7, 11) is 0. The largest absolute Gasteiger partial charge is 0.399 e. The molecule has 0 aliphatic rings. The van der Waals surface area contributed by atoms with Crippen LogP contribution in [-0.2, 0) is 11.2 Å². The molecule has 0 aliphatic carbocycles. The standard InChI is InChI=1S/C14H14BrN3O/c1-9-6-12(8-17-14(9)15)18-13(19)7-10-2-4-11(16)5-3-10/h2-6,8H,7,16H2,1H3,(H,18,19). The third-order valence-corrected chi connectivity index (χ3v) is 3.47. The number of aromatic nitrogens is 1. The van der Waals surface area contributed by atoms with Crippen molar-refractivity contribution in [2.45, 2.75) is 13.3 Å². The molecule has 1 aromatic heterocycles. The van der Waals surface area contributed by atoms with Gasteiger partial charge in [-0.15, -0.1) is 0 Å². The maximum atomic E-state index is 11.9. The fourth-order valence-corrected chi connectivity index (χ4v) is 1.87. The number of rotatable bonds is 3. The van der Waals surface area contributed by atoms with Crippen molar-refractivity contribution in [3.05, 3.63) is 52.3 Å². The van der Waals surface area contributed by atoms with Gasteiger partial charge in [-0.05, 0) is 52.2 Å². The fourth-order valence-electron chi connectivity index (χ4n) is 1.65. The summed E-state index contributed by atoms with van der Waals surface area (Å²) in [5.74, 6) is -0.0757. The van der Waals surface area contributed by atoms with Crippen molar-refractivity contribution in [2.75, 3.05) is 11.1 Å². The van der Waals surface area contributed by atoms with Gasteiger partial charge in [0.05, 0.1) is 18.3 Å². The lowest BCUT2D eigenvalue weighted by atomic mass is 10.1. The zero-order valence-electron chi connectivity index (χ0n) is 10.5. The first-order valence-electron chi connectivity index (χ1n) is 5.81. The van der Waals surface area contributed by atoms with Gasteiger partial charge < -0.3 is 11.1 Å². The lowest BCUT2D eigenvalue weighted by Gasteiger charge is -2.07. The molecule has 1 amide bonds. The molecule has 0 atom stereocenters. The number of nitrogen functional groups attached to an aromatic ring is 1. The normalized spacial score (nSPS) is 10.2. The fraction of sp³-hybridized carbons (Fsp3) is 0.143. The summed E-state index contributed by atoms with van der Waals surface area (Å²) in [5, 5.41) is 2.82. The Balaban J connectivity index is 2.01. The first-order chi connectivity index (χ1) is 9.04. The van der Waals surface area contributed by atoms with Crippen LogP contribution >= 0.6 is 15.9 Å². The number of aryl methyl sites for hydroxylation is 1. The highest BCUT2D eigenvalue weighted by molar-refractivity contribution is 9.10. The number of amides is 1. The van der Waals surface area contributed by atoms with Crippen LogP contribution in [0.25, 0.3) is 0 Å². The number of pyridine rings is 1. The van der Waals surface area contributed by atoms with E-state index >= 15 is 0 Å². The Morgan fingerprint density at radius 1 is 1.37 bits per heavy atom. The van der Waals surface area contributed by atoms with Gasteiger partial charge in [0, 0.05) is 5.69 Å². The Morgan fingerprint density at radius 2 is 2.05 bits per heavy atom. The van der Waals surface area contributed by atoms with Crippen molar-refractivity contribution in [3.63, 3.8) is 0 Å². The predicted octanol–water partition coefficient (Wildman–Crippen LogP) is 2.92. The van der Waals surface area contributed by atoms with Gasteiger partial charge in [-0.2, -0.15) is 0 Å². The molecule has 4 nitrogen and oxygen atoms in total. The Morgan fingerprint density at radius 3 is 2.68 bits per heavy atom. The number of carbonyl (C=O) groups excluding carboxylic acids is 1. The van der Waals surface area contributed by atoms with Gasteiger partial charge in [-0.1, -0.05) is 12.1 Å². The summed E-state index contributed by atoms with van der Waals surface area (Å²) in [6.45, 7) is 1.92. The van der Waals surface area contributed by atoms with Crippen LogP contribution in [0.15, 0.2) is 41.1 Å². The minimum absolute atomic E-state index is 0.0757. The first-order valence-corrected chi connectivity index (χ1v) is 6.60. The maximum Gasteiger partial charge on any atom is 0.228 e. The molecule has 98 valence electrons. The lowest BCUT2D eigenvalue weighted by Crippen LogP contribution is -2.14. The lowest BCUT2D eigenvalue weighted by molar-refractivity contribution is -0.115. The molecule has 0 aliphatic heterocycles. The van der Waals surface area contributed by atoms with Crippen LogP contribution in [0.5, 0.6) is 0 Å². The zero-order valence-corrected chi connectivity index (χ0v) is 12.1. The number of nitrogens with two attached hydrogens (primary N) is 1. The average molecular weight is 320 g/mol. The molecule has 0 bridgehead atoms. The van der Waals surface area contributed by atoms with E-state index in [0.717, 1.165) is 15.7 Å². The van der Waals surface area contributed by atoms with E-state index in [-0.39, 0.29) is 5.91 Å². The number of hydrogen-bond donors (Lipinski definition) is 2. The quantitative estimate of drug-likeness (QED) is 0.675. The molecule has 19 heavy (non-hydrogen) atoms. The van der Waals surface area contributed by atoms with E-state index in [1.54, 1.807) is 18.3 Å².